The number of benzene rings is 2. The molecule has 0 aliphatic rings. The van der Waals surface area contributed by atoms with E-state index in [0.717, 1.165) is 15.7 Å². The van der Waals surface area contributed by atoms with Crippen LogP contribution in [0.1, 0.15) is 5.56 Å². The zero-order valence-corrected chi connectivity index (χ0v) is 11.2. The summed E-state index contributed by atoms with van der Waals surface area (Å²) in [6.07, 6.45) is 0. The molecule has 0 aliphatic heterocycles. The highest BCUT2D eigenvalue weighted by Crippen LogP contribution is 2.14. The predicted molar refractivity (Wildman–Crippen MR) is 76.6 cm³/mol. The Kier molecular flexibility index (Phi) is 4.18. The molecule has 0 radical (unpaired) electrons. The Hall–Kier alpha value is -1.32. The SMILES string of the molecule is Cl/N=C(\Nc1ccccc1)c1ccc(Br)cc1. The van der Waals surface area contributed by atoms with E-state index in [1.807, 2.05) is 54.6 Å². The number of hydrogen-bond acceptors (Lipinski definition) is 1. The Morgan fingerprint density at radius 1 is 1.00 bits per heavy atom. The first-order valence-corrected chi connectivity index (χ1v) is 6.19. The lowest BCUT2D eigenvalue weighted by molar-refractivity contribution is 1.54. The van der Waals surface area contributed by atoms with Gasteiger partial charge in [0.2, 0.25) is 0 Å². The van der Waals surface area contributed by atoms with Gasteiger partial charge >= 0.3 is 0 Å². The molecule has 0 fully saturated rings. The van der Waals surface area contributed by atoms with E-state index in [2.05, 4.69) is 25.8 Å². The second-order valence-electron chi connectivity index (χ2n) is 3.43. The molecular formula is C13H10BrClN2. The molecule has 4 heteroatoms. The monoisotopic (exact) mass is 308 g/mol. The molecule has 2 nitrogen and oxygen atoms in total. The van der Waals surface area contributed by atoms with Crippen LogP contribution < -0.4 is 5.32 Å². The van der Waals surface area contributed by atoms with E-state index in [4.69, 9.17) is 11.8 Å². The van der Waals surface area contributed by atoms with E-state index in [9.17, 15) is 0 Å². The van der Waals surface area contributed by atoms with Crippen LogP contribution in [0.15, 0.2) is 63.6 Å². The molecule has 0 saturated carbocycles. The molecule has 0 unspecified atom stereocenters. The van der Waals surface area contributed by atoms with Crippen molar-refractivity contribution in [2.24, 2.45) is 4.51 Å². The molecule has 0 atom stereocenters. The highest BCUT2D eigenvalue weighted by atomic mass is 79.9. The van der Waals surface area contributed by atoms with Crippen molar-refractivity contribution in [2.75, 3.05) is 5.32 Å². The Bertz CT molecular complexity index is 509. The Morgan fingerprint density at radius 2 is 1.65 bits per heavy atom. The zero-order chi connectivity index (χ0) is 12.1. The fourth-order valence-corrected chi connectivity index (χ4v) is 1.81. The number of nitrogens with zero attached hydrogens (tertiary/aromatic N) is 1. The van der Waals surface area contributed by atoms with Crippen molar-refractivity contribution in [1.82, 2.24) is 0 Å². The van der Waals surface area contributed by atoms with Crippen molar-refractivity contribution < 1.29 is 0 Å². The fraction of sp³-hybridized carbons (Fsp3) is 0. The predicted octanol–water partition coefficient (Wildman–Crippen LogP) is 4.46. The quantitative estimate of drug-likeness (QED) is 0.643. The summed E-state index contributed by atoms with van der Waals surface area (Å²) in [7, 11) is 0. The number of para-hydroxylation sites is 1. The number of amidine groups is 1. The smallest absolute Gasteiger partial charge is 0.152 e. The van der Waals surface area contributed by atoms with E-state index in [0.29, 0.717) is 5.84 Å². The van der Waals surface area contributed by atoms with Gasteiger partial charge in [-0.2, -0.15) is 4.51 Å². The Labute approximate surface area is 114 Å². The van der Waals surface area contributed by atoms with Crippen LogP contribution in [-0.2, 0) is 0 Å². The van der Waals surface area contributed by atoms with Crippen LogP contribution in [0.25, 0.3) is 0 Å². The lowest BCUT2D eigenvalue weighted by Gasteiger charge is -2.08. The van der Waals surface area contributed by atoms with Gasteiger partial charge in [-0.25, -0.2) is 0 Å². The second kappa shape index (κ2) is 5.84. The average Bonchev–Trinajstić information content (AvgIpc) is 2.38. The first kappa shape index (κ1) is 12.1. The third kappa shape index (κ3) is 3.32. The number of anilines is 1. The molecule has 0 amide bonds. The minimum atomic E-state index is 0.630. The minimum Gasteiger partial charge on any atom is -0.339 e. The average molecular weight is 310 g/mol. The molecular weight excluding hydrogens is 300 g/mol. The van der Waals surface area contributed by atoms with Gasteiger partial charge < -0.3 is 5.32 Å². The van der Waals surface area contributed by atoms with Gasteiger partial charge in [0, 0.05) is 27.5 Å². The Morgan fingerprint density at radius 3 is 2.24 bits per heavy atom. The van der Waals surface area contributed by atoms with Crippen LogP contribution >= 0.6 is 27.7 Å². The second-order valence-corrected chi connectivity index (χ2v) is 4.52. The number of halogens is 2. The van der Waals surface area contributed by atoms with E-state index < -0.39 is 0 Å². The molecule has 17 heavy (non-hydrogen) atoms. The summed E-state index contributed by atoms with van der Waals surface area (Å²) in [6, 6.07) is 17.6. The first-order chi connectivity index (χ1) is 8.29. The molecule has 2 aromatic rings. The van der Waals surface area contributed by atoms with Crippen LogP contribution in [-0.4, -0.2) is 5.84 Å². The summed E-state index contributed by atoms with van der Waals surface area (Å²) >= 11 is 9.00. The highest BCUT2D eigenvalue weighted by Gasteiger charge is 2.03. The van der Waals surface area contributed by atoms with Gasteiger partial charge in [0.15, 0.2) is 5.84 Å². The van der Waals surface area contributed by atoms with Gasteiger partial charge in [-0.15, -0.1) is 0 Å². The molecule has 0 saturated heterocycles. The van der Waals surface area contributed by atoms with Crippen LogP contribution in [0.4, 0.5) is 5.69 Å². The van der Waals surface area contributed by atoms with Crippen LogP contribution in [0.3, 0.4) is 0 Å². The van der Waals surface area contributed by atoms with E-state index in [1.165, 1.54) is 0 Å². The molecule has 86 valence electrons. The molecule has 0 aliphatic carbocycles. The maximum atomic E-state index is 5.61. The molecule has 0 bridgehead atoms. The zero-order valence-electron chi connectivity index (χ0n) is 8.90. The van der Waals surface area contributed by atoms with Gasteiger partial charge in [0.25, 0.3) is 0 Å². The summed E-state index contributed by atoms with van der Waals surface area (Å²) in [5.74, 6) is 0.630. The van der Waals surface area contributed by atoms with Gasteiger partial charge in [-0.1, -0.05) is 46.3 Å². The summed E-state index contributed by atoms with van der Waals surface area (Å²) in [5, 5.41) is 3.17. The molecule has 1 N–H and O–H groups in total. The molecule has 2 aromatic carbocycles. The van der Waals surface area contributed by atoms with E-state index >= 15 is 0 Å². The van der Waals surface area contributed by atoms with E-state index in [1.54, 1.807) is 0 Å². The number of rotatable bonds is 2. The summed E-state index contributed by atoms with van der Waals surface area (Å²) < 4.78 is 4.77. The molecule has 2 rings (SSSR count). The van der Waals surface area contributed by atoms with Crippen molar-refractivity contribution in [3.63, 3.8) is 0 Å². The van der Waals surface area contributed by atoms with Crippen molar-refractivity contribution in [2.45, 2.75) is 0 Å². The van der Waals surface area contributed by atoms with Crippen molar-refractivity contribution >= 4 is 39.2 Å². The normalized spacial score (nSPS) is 11.3. The molecule has 0 spiro atoms. The standard InChI is InChI=1S/C13H10BrClN2/c14-11-8-6-10(7-9-11)13(17-15)16-12-4-2-1-3-5-12/h1-9H,(H,16,17). The van der Waals surface area contributed by atoms with Crippen molar-refractivity contribution in [1.29, 1.82) is 0 Å². The third-order valence-electron chi connectivity index (χ3n) is 2.24. The van der Waals surface area contributed by atoms with Crippen LogP contribution in [0.5, 0.6) is 0 Å². The number of nitrogens with one attached hydrogen (secondary N) is 1. The number of hydrogen-bond donors (Lipinski definition) is 1. The maximum Gasteiger partial charge on any atom is 0.152 e. The van der Waals surface area contributed by atoms with Gasteiger partial charge in [0.05, 0.1) is 0 Å². The van der Waals surface area contributed by atoms with Crippen molar-refractivity contribution in [3.05, 3.63) is 64.6 Å². The van der Waals surface area contributed by atoms with Gasteiger partial charge in [-0.3, -0.25) is 0 Å². The third-order valence-corrected chi connectivity index (χ3v) is 2.94. The highest BCUT2D eigenvalue weighted by molar-refractivity contribution is 9.10. The van der Waals surface area contributed by atoms with E-state index in [-0.39, 0.29) is 0 Å². The van der Waals surface area contributed by atoms with Gasteiger partial charge in [0.1, 0.15) is 0 Å². The van der Waals surface area contributed by atoms with Crippen LogP contribution in [0, 0.1) is 0 Å². The topological polar surface area (TPSA) is 24.4 Å². The van der Waals surface area contributed by atoms with Gasteiger partial charge in [-0.05, 0) is 24.3 Å². The lowest BCUT2D eigenvalue weighted by Crippen LogP contribution is -2.12. The minimum absolute atomic E-state index is 0.630. The first-order valence-electron chi connectivity index (χ1n) is 5.06. The largest absolute Gasteiger partial charge is 0.339 e. The summed E-state index contributed by atoms with van der Waals surface area (Å²) in [4.78, 5) is 0. The van der Waals surface area contributed by atoms with Crippen molar-refractivity contribution in [3.8, 4) is 0 Å². The fourth-order valence-electron chi connectivity index (χ4n) is 1.41. The maximum absolute atomic E-state index is 5.61. The molecule has 0 aromatic heterocycles. The molecule has 0 heterocycles. The summed E-state index contributed by atoms with van der Waals surface area (Å²) in [6.45, 7) is 0. The summed E-state index contributed by atoms with van der Waals surface area (Å²) in [5.41, 5.74) is 1.89. The Balaban J connectivity index is 2.21. The lowest BCUT2D eigenvalue weighted by atomic mass is 10.2. The van der Waals surface area contributed by atoms with Crippen LogP contribution in [0.2, 0.25) is 0 Å².